The largest absolute Gasteiger partial charge is 0.482 e. The predicted molar refractivity (Wildman–Crippen MR) is 136 cm³/mol. The molecule has 2 heterocycles. The molecule has 5 aliphatic rings. The molecule has 1 saturated heterocycles. The summed E-state index contributed by atoms with van der Waals surface area (Å²) in [5.74, 6) is 0.311. The maximum atomic E-state index is 13.2. The third-order valence-corrected chi connectivity index (χ3v) is 9.81. The van der Waals surface area contributed by atoms with Crippen molar-refractivity contribution in [3.05, 3.63) is 53.1 Å². The summed E-state index contributed by atoms with van der Waals surface area (Å²) < 4.78 is 17.5. The van der Waals surface area contributed by atoms with Gasteiger partial charge in [0.15, 0.2) is 11.5 Å². The van der Waals surface area contributed by atoms with E-state index in [9.17, 15) is 19.8 Å². The molecule has 2 N–H and O–H groups in total. The minimum absolute atomic E-state index is 0.0297. The van der Waals surface area contributed by atoms with Crippen LogP contribution >= 0.6 is 0 Å². The Kier molecular flexibility index (Phi) is 5.42. The van der Waals surface area contributed by atoms with Gasteiger partial charge in [-0.2, -0.15) is 0 Å². The molecule has 0 unspecified atom stereocenters. The average molecular weight is 520 g/mol. The predicted octanol–water partition coefficient (Wildman–Crippen LogP) is 3.15. The van der Waals surface area contributed by atoms with Crippen molar-refractivity contribution in [3.63, 3.8) is 0 Å². The van der Waals surface area contributed by atoms with Crippen molar-refractivity contribution < 1.29 is 34.0 Å². The summed E-state index contributed by atoms with van der Waals surface area (Å²) in [5.41, 5.74) is 0.336. The Morgan fingerprint density at radius 1 is 1.08 bits per heavy atom. The third-order valence-electron chi connectivity index (χ3n) is 9.81. The van der Waals surface area contributed by atoms with E-state index >= 15 is 0 Å². The number of piperidine rings is 1. The molecule has 3 fully saturated rings. The van der Waals surface area contributed by atoms with E-state index in [2.05, 4.69) is 4.90 Å². The van der Waals surface area contributed by atoms with Crippen LogP contribution in [-0.4, -0.2) is 64.0 Å². The summed E-state index contributed by atoms with van der Waals surface area (Å²) in [5, 5.41) is 23.6. The average Bonchev–Trinajstić information content (AvgIpc) is 3.22. The van der Waals surface area contributed by atoms with Crippen LogP contribution in [0.4, 0.5) is 0 Å². The van der Waals surface area contributed by atoms with Crippen LogP contribution in [-0.2, 0) is 16.6 Å². The maximum absolute atomic E-state index is 13.2. The number of ether oxygens (including phenoxy) is 3. The second kappa shape index (κ2) is 8.53. The first-order valence-electron chi connectivity index (χ1n) is 13.8. The number of aliphatic hydroxyl groups is 2. The Morgan fingerprint density at radius 3 is 2.66 bits per heavy atom. The molecule has 0 aromatic heterocycles. The fourth-order valence-electron chi connectivity index (χ4n) is 7.93. The summed E-state index contributed by atoms with van der Waals surface area (Å²) in [4.78, 5) is 27.3. The Labute approximate surface area is 221 Å². The van der Waals surface area contributed by atoms with Crippen molar-refractivity contribution in [3.8, 4) is 17.2 Å². The molecule has 7 rings (SSSR count). The van der Waals surface area contributed by atoms with Crippen LogP contribution in [0.2, 0.25) is 0 Å². The van der Waals surface area contributed by atoms with Crippen LogP contribution < -0.4 is 14.2 Å². The molecule has 2 aromatic carbocycles. The summed E-state index contributed by atoms with van der Waals surface area (Å²) >= 11 is 0. The minimum Gasteiger partial charge on any atom is -0.482 e. The lowest BCUT2D eigenvalue weighted by molar-refractivity contribution is -0.209. The molecule has 3 aliphatic carbocycles. The highest BCUT2D eigenvalue weighted by Crippen LogP contribution is 2.65. The monoisotopic (exact) mass is 519 g/mol. The smallest absolute Gasteiger partial charge is 0.347 e. The van der Waals surface area contributed by atoms with Crippen LogP contribution in [0.5, 0.6) is 17.2 Å². The van der Waals surface area contributed by atoms with E-state index in [0.29, 0.717) is 37.4 Å². The fraction of sp³-hybridized carbons (Fsp3) is 0.533. The van der Waals surface area contributed by atoms with Crippen LogP contribution in [0.15, 0.2) is 36.4 Å². The van der Waals surface area contributed by atoms with Crippen molar-refractivity contribution in [2.75, 3.05) is 13.1 Å². The molecule has 38 heavy (non-hydrogen) atoms. The van der Waals surface area contributed by atoms with E-state index < -0.39 is 35.2 Å². The van der Waals surface area contributed by atoms with Crippen molar-refractivity contribution >= 4 is 11.9 Å². The summed E-state index contributed by atoms with van der Waals surface area (Å²) in [6.45, 7) is 3.13. The van der Waals surface area contributed by atoms with Gasteiger partial charge >= 0.3 is 11.9 Å². The second-order valence-corrected chi connectivity index (χ2v) is 11.7. The number of aliphatic hydroxyl groups excluding tert-OH is 1. The molecule has 2 bridgehead atoms. The molecule has 0 amide bonds. The fourth-order valence-corrected chi connectivity index (χ4v) is 7.93. The molecule has 8 nitrogen and oxygen atoms in total. The Balaban J connectivity index is 1.28. The Morgan fingerprint density at radius 2 is 1.89 bits per heavy atom. The number of likely N-dealkylation sites (tertiary alicyclic amines) is 1. The van der Waals surface area contributed by atoms with E-state index in [1.54, 1.807) is 30.3 Å². The molecule has 5 atom stereocenters. The Bertz CT molecular complexity index is 1320. The summed E-state index contributed by atoms with van der Waals surface area (Å²) in [6, 6.07) is 10.1. The van der Waals surface area contributed by atoms with Gasteiger partial charge in [0, 0.05) is 25.1 Å². The topological polar surface area (TPSA) is 106 Å². The number of rotatable bonds is 5. The molecule has 2 aromatic rings. The number of hydrogen-bond acceptors (Lipinski definition) is 8. The van der Waals surface area contributed by atoms with Crippen molar-refractivity contribution in [2.24, 2.45) is 5.92 Å². The number of carbonyl (C=O) groups excluding carboxylic acids is 2. The molecule has 200 valence electrons. The van der Waals surface area contributed by atoms with Gasteiger partial charge in [0.25, 0.3) is 0 Å². The summed E-state index contributed by atoms with van der Waals surface area (Å²) in [7, 11) is 0. The van der Waals surface area contributed by atoms with Crippen molar-refractivity contribution in [1.29, 1.82) is 0 Å². The van der Waals surface area contributed by atoms with Crippen LogP contribution in [0.1, 0.15) is 66.9 Å². The normalized spacial score (nSPS) is 33.1. The zero-order chi connectivity index (χ0) is 26.2. The van der Waals surface area contributed by atoms with Crippen LogP contribution in [0.3, 0.4) is 0 Å². The number of benzene rings is 2. The van der Waals surface area contributed by atoms with E-state index in [1.165, 1.54) is 26.2 Å². The molecule has 2 aliphatic heterocycles. The van der Waals surface area contributed by atoms with Gasteiger partial charge in [-0.15, -0.1) is 0 Å². The lowest BCUT2D eigenvalue weighted by Gasteiger charge is -2.64. The van der Waals surface area contributed by atoms with Gasteiger partial charge in [-0.1, -0.05) is 24.6 Å². The van der Waals surface area contributed by atoms with Crippen molar-refractivity contribution in [2.45, 2.75) is 81.1 Å². The first-order valence-corrected chi connectivity index (χ1v) is 13.8. The lowest BCUT2D eigenvalue weighted by atomic mass is 9.48. The van der Waals surface area contributed by atoms with Gasteiger partial charge in [-0.25, -0.2) is 4.79 Å². The zero-order valence-electron chi connectivity index (χ0n) is 21.5. The second-order valence-electron chi connectivity index (χ2n) is 11.7. The molecular weight excluding hydrogens is 486 g/mol. The first kappa shape index (κ1) is 24.1. The highest BCUT2D eigenvalue weighted by atomic mass is 16.6. The third kappa shape index (κ3) is 3.26. The molecule has 2 saturated carbocycles. The van der Waals surface area contributed by atoms with E-state index in [4.69, 9.17) is 14.2 Å². The Hall–Kier alpha value is -2.94. The van der Waals surface area contributed by atoms with E-state index in [0.717, 1.165) is 24.2 Å². The first-order chi connectivity index (χ1) is 18.3. The molecular formula is C30H33NO7. The minimum atomic E-state index is -1.03. The van der Waals surface area contributed by atoms with E-state index in [1.807, 2.05) is 6.07 Å². The number of carbonyl (C=O) groups is 2. The van der Waals surface area contributed by atoms with Gasteiger partial charge in [-0.3, -0.25) is 9.69 Å². The number of hydrogen-bond donors (Lipinski definition) is 2. The molecule has 1 spiro atoms. The number of esters is 2. The van der Waals surface area contributed by atoms with Gasteiger partial charge in [-0.05, 0) is 74.8 Å². The lowest BCUT2D eigenvalue weighted by Crippen LogP contribution is -2.77. The molecule has 8 heteroatoms. The van der Waals surface area contributed by atoms with Crippen LogP contribution in [0, 0.1) is 5.92 Å². The van der Waals surface area contributed by atoms with Gasteiger partial charge in [0.2, 0.25) is 0 Å². The van der Waals surface area contributed by atoms with Gasteiger partial charge < -0.3 is 24.4 Å². The SMILES string of the molecule is CC(=O)Oc1ccccc1C(=O)Oc1ccc2c3c1O[C@H]1[C@@H](O)CC[C@@]4(O)[C@@H](C2)N(CC2CCC2)CC[C@]314. The molecule has 0 radical (unpaired) electrons. The maximum Gasteiger partial charge on any atom is 0.347 e. The number of nitrogens with zero attached hydrogens (tertiary/aromatic N) is 1. The van der Waals surface area contributed by atoms with Gasteiger partial charge in [0.05, 0.1) is 17.1 Å². The standard InChI is InChI=1S/C30H33NO7/c1-17(32)36-22-8-3-2-7-20(22)28(34)37-23-10-9-19-15-24-30(35)12-11-21(33)27-29(30,25(19)26(23)38-27)13-14-31(24)16-18-5-4-6-18/h2-3,7-10,18,21,24,27,33,35H,4-6,11-16H2,1H3/t21-,24+,27-,29-,30+/m0/s1. The highest BCUT2D eigenvalue weighted by molar-refractivity contribution is 5.95. The highest BCUT2D eigenvalue weighted by Gasteiger charge is 2.73. The van der Waals surface area contributed by atoms with Crippen LogP contribution in [0.25, 0.3) is 0 Å². The number of para-hydroxylation sites is 1. The quantitative estimate of drug-likeness (QED) is 0.459. The van der Waals surface area contributed by atoms with E-state index in [-0.39, 0.29) is 23.1 Å². The summed E-state index contributed by atoms with van der Waals surface area (Å²) in [6.07, 6.45) is 4.84. The zero-order valence-corrected chi connectivity index (χ0v) is 21.5. The van der Waals surface area contributed by atoms with Crippen molar-refractivity contribution in [1.82, 2.24) is 4.90 Å². The van der Waals surface area contributed by atoms with Gasteiger partial charge in [0.1, 0.15) is 17.4 Å².